The van der Waals surface area contributed by atoms with Crippen LogP contribution in [0.5, 0.6) is 0 Å². The summed E-state index contributed by atoms with van der Waals surface area (Å²) in [5.74, 6) is -0.0331. The van der Waals surface area contributed by atoms with Gasteiger partial charge in [-0.05, 0) is 45.7 Å². The third kappa shape index (κ3) is 3.64. The number of hydrogen-bond donors (Lipinski definition) is 0. The van der Waals surface area contributed by atoms with Crippen LogP contribution in [-0.4, -0.2) is 27.3 Å². The van der Waals surface area contributed by atoms with Crippen molar-refractivity contribution in [3.8, 4) is 0 Å². The molecule has 1 saturated carbocycles. The predicted octanol–water partition coefficient (Wildman–Crippen LogP) is 4.17. The van der Waals surface area contributed by atoms with E-state index in [4.69, 9.17) is 0 Å². The lowest BCUT2D eigenvalue weighted by atomic mass is 9.90. The van der Waals surface area contributed by atoms with Crippen molar-refractivity contribution in [2.45, 2.75) is 64.5 Å². The van der Waals surface area contributed by atoms with Crippen LogP contribution < -0.4 is 0 Å². The molecule has 0 aliphatic heterocycles. The molecule has 1 aromatic carbocycles. The molecule has 120 valence electrons. The maximum atomic E-state index is 12.9. The standard InChI is InChI=1S/C17H24N2O3/c1-17(2,3)18(14-7-5-4-6-8-14)16(20)13-9-11-15(12-10-13)19(21)22/h9-12,14H,4-8H2,1-3H3. The van der Waals surface area contributed by atoms with Crippen LogP contribution in [0.15, 0.2) is 24.3 Å². The SMILES string of the molecule is CC(C)(C)N(C(=O)c1ccc([N+](=O)[O-])cc1)C1CCCCC1. The maximum absolute atomic E-state index is 12.9. The summed E-state index contributed by atoms with van der Waals surface area (Å²) in [6.45, 7) is 6.14. The van der Waals surface area contributed by atoms with Crippen molar-refractivity contribution < 1.29 is 9.72 Å². The lowest BCUT2D eigenvalue weighted by Gasteiger charge is -2.43. The normalized spacial score (nSPS) is 16.3. The Morgan fingerprint density at radius 3 is 2.14 bits per heavy atom. The number of benzene rings is 1. The van der Waals surface area contributed by atoms with Gasteiger partial charge in [0.2, 0.25) is 0 Å². The third-order valence-electron chi connectivity index (χ3n) is 4.21. The first-order valence-corrected chi connectivity index (χ1v) is 7.89. The monoisotopic (exact) mass is 304 g/mol. The summed E-state index contributed by atoms with van der Waals surface area (Å²) >= 11 is 0. The zero-order valence-electron chi connectivity index (χ0n) is 13.5. The van der Waals surface area contributed by atoms with Crippen molar-refractivity contribution in [3.05, 3.63) is 39.9 Å². The van der Waals surface area contributed by atoms with E-state index < -0.39 is 4.92 Å². The Kier molecular flexibility index (Phi) is 4.84. The molecule has 0 atom stereocenters. The minimum Gasteiger partial charge on any atom is -0.331 e. The second kappa shape index (κ2) is 6.46. The minimum atomic E-state index is -0.448. The Hall–Kier alpha value is -1.91. The van der Waals surface area contributed by atoms with Gasteiger partial charge in [-0.1, -0.05) is 19.3 Å². The number of amides is 1. The van der Waals surface area contributed by atoms with Gasteiger partial charge in [-0.2, -0.15) is 0 Å². The van der Waals surface area contributed by atoms with Crippen LogP contribution in [-0.2, 0) is 0 Å². The van der Waals surface area contributed by atoms with Crippen LogP contribution in [0.25, 0.3) is 0 Å². The Morgan fingerprint density at radius 1 is 1.14 bits per heavy atom. The van der Waals surface area contributed by atoms with Crippen molar-refractivity contribution in [1.82, 2.24) is 4.90 Å². The zero-order chi connectivity index (χ0) is 16.3. The van der Waals surface area contributed by atoms with E-state index in [2.05, 4.69) is 0 Å². The van der Waals surface area contributed by atoms with Crippen molar-refractivity contribution in [3.63, 3.8) is 0 Å². The maximum Gasteiger partial charge on any atom is 0.269 e. The van der Waals surface area contributed by atoms with Gasteiger partial charge in [0.15, 0.2) is 0 Å². The van der Waals surface area contributed by atoms with Gasteiger partial charge in [0.05, 0.1) is 4.92 Å². The Balaban J connectivity index is 2.26. The van der Waals surface area contributed by atoms with Crippen LogP contribution in [0.2, 0.25) is 0 Å². The Morgan fingerprint density at radius 2 is 1.68 bits per heavy atom. The molecule has 1 amide bonds. The van der Waals surface area contributed by atoms with Crippen molar-refractivity contribution >= 4 is 11.6 Å². The summed E-state index contributed by atoms with van der Waals surface area (Å²) in [6, 6.07) is 6.17. The molecule has 5 heteroatoms. The fourth-order valence-electron chi connectivity index (χ4n) is 3.22. The summed E-state index contributed by atoms with van der Waals surface area (Å²) < 4.78 is 0. The molecule has 0 heterocycles. The zero-order valence-corrected chi connectivity index (χ0v) is 13.5. The van der Waals surface area contributed by atoms with Crippen LogP contribution in [0, 0.1) is 10.1 Å². The van der Waals surface area contributed by atoms with Crippen LogP contribution >= 0.6 is 0 Å². The molecule has 1 aliphatic carbocycles. The second-order valence-electron chi connectivity index (χ2n) is 6.94. The molecule has 0 aromatic heterocycles. The summed E-state index contributed by atoms with van der Waals surface area (Å²) in [5.41, 5.74) is 0.267. The van der Waals surface area contributed by atoms with E-state index in [-0.39, 0.29) is 23.2 Å². The largest absolute Gasteiger partial charge is 0.331 e. The van der Waals surface area contributed by atoms with E-state index in [1.165, 1.54) is 18.6 Å². The predicted molar refractivity (Wildman–Crippen MR) is 85.9 cm³/mol. The summed E-state index contributed by atoms with van der Waals surface area (Å²) in [4.78, 5) is 25.2. The van der Waals surface area contributed by atoms with E-state index in [0.29, 0.717) is 5.56 Å². The molecule has 0 unspecified atom stereocenters. The van der Waals surface area contributed by atoms with Crippen LogP contribution in [0.1, 0.15) is 63.2 Å². The number of carbonyl (C=O) groups is 1. The lowest BCUT2D eigenvalue weighted by Crippen LogP contribution is -2.52. The molecule has 1 aliphatic rings. The highest BCUT2D eigenvalue weighted by molar-refractivity contribution is 5.95. The van der Waals surface area contributed by atoms with Gasteiger partial charge in [-0.3, -0.25) is 14.9 Å². The van der Waals surface area contributed by atoms with Crippen molar-refractivity contribution in [2.24, 2.45) is 0 Å². The third-order valence-corrected chi connectivity index (χ3v) is 4.21. The molecule has 0 bridgehead atoms. The highest BCUT2D eigenvalue weighted by Crippen LogP contribution is 2.30. The highest BCUT2D eigenvalue weighted by Gasteiger charge is 2.34. The fourth-order valence-corrected chi connectivity index (χ4v) is 3.22. The van der Waals surface area contributed by atoms with E-state index >= 15 is 0 Å². The number of nitro benzene ring substituents is 1. The molecular formula is C17H24N2O3. The quantitative estimate of drug-likeness (QED) is 0.622. The lowest BCUT2D eigenvalue weighted by molar-refractivity contribution is -0.384. The molecule has 0 spiro atoms. The van der Waals surface area contributed by atoms with E-state index in [9.17, 15) is 14.9 Å². The van der Waals surface area contributed by atoms with Crippen molar-refractivity contribution in [1.29, 1.82) is 0 Å². The molecule has 0 N–H and O–H groups in total. The number of carbonyl (C=O) groups excluding carboxylic acids is 1. The van der Waals surface area contributed by atoms with Gasteiger partial charge in [0.25, 0.3) is 11.6 Å². The smallest absolute Gasteiger partial charge is 0.269 e. The highest BCUT2D eigenvalue weighted by atomic mass is 16.6. The van der Waals surface area contributed by atoms with E-state index in [1.54, 1.807) is 12.1 Å². The average Bonchev–Trinajstić information content (AvgIpc) is 2.47. The first-order chi connectivity index (χ1) is 10.3. The summed E-state index contributed by atoms with van der Waals surface area (Å²) in [6.07, 6.45) is 5.63. The summed E-state index contributed by atoms with van der Waals surface area (Å²) in [5, 5.41) is 10.7. The van der Waals surface area contributed by atoms with Crippen molar-refractivity contribution in [2.75, 3.05) is 0 Å². The number of rotatable bonds is 3. The van der Waals surface area contributed by atoms with E-state index in [0.717, 1.165) is 25.7 Å². The first-order valence-electron chi connectivity index (χ1n) is 7.89. The molecule has 1 aromatic rings. The Bertz CT molecular complexity index is 540. The fraction of sp³-hybridized carbons (Fsp3) is 0.588. The Labute approximate surface area is 131 Å². The van der Waals surface area contributed by atoms with E-state index in [1.807, 2.05) is 25.7 Å². The molecule has 5 nitrogen and oxygen atoms in total. The molecule has 1 fully saturated rings. The molecule has 0 radical (unpaired) electrons. The topological polar surface area (TPSA) is 63.5 Å². The molecular weight excluding hydrogens is 280 g/mol. The number of hydrogen-bond acceptors (Lipinski definition) is 3. The van der Waals surface area contributed by atoms with Gasteiger partial charge in [-0.25, -0.2) is 0 Å². The number of nitrogens with zero attached hydrogens (tertiary/aromatic N) is 2. The second-order valence-corrected chi connectivity index (χ2v) is 6.94. The van der Waals surface area contributed by atoms with Crippen LogP contribution in [0.3, 0.4) is 0 Å². The average molecular weight is 304 g/mol. The molecule has 2 rings (SSSR count). The summed E-state index contributed by atoms with van der Waals surface area (Å²) in [7, 11) is 0. The van der Waals surface area contributed by atoms with Gasteiger partial charge in [0, 0.05) is 29.3 Å². The number of nitro groups is 1. The van der Waals surface area contributed by atoms with Crippen LogP contribution in [0.4, 0.5) is 5.69 Å². The minimum absolute atomic E-state index is 0.0107. The molecule has 22 heavy (non-hydrogen) atoms. The van der Waals surface area contributed by atoms with Gasteiger partial charge in [-0.15, -0.1) is 0 Å². The van der Waals surface area contributed by atoms with Gasteiger partial charge < -0.3 is 4.90 Å². The molecule has 0 saturated heterocycles. The van der Waals surface area contributed by atoms with Gasteiger partial charge >= 0.3 is 0 Å². The van der Waals surface area contributed by atoms with Gasteiger partial charge in [0.1, 0.15) is 0 Å². The number of non-ortho nitro benzene ring substituents is 1. The first kappa shape index (κ1) is 16.5.